The molecule has 1 aliphatic rings. The third-order valence-electron chi connectivity index (χ3n) is 6.13. The SMILES string of the molecule is Cc1nnc(N2C(=O)C(=O)/C(=C(\O)c3ccc(OCc4ccccc4C)cc3)C2c2ccc(F)cc2)s1. The Balaban J connectivity index is 1.50. The number of anilines is 1. The van der Waals surface area contributed by atoms with Gasteiger partial charge in [0.2, 0.25) is 5.13 Å². The molecule has 1 fully saturated rings. The lowest BCUT2D eigenvalue weighted by Gasteiger charge is -2.22. The maximum absolute atomic E-state index is 13.7. The van der Waals surface area contributed by atoms with Crippen LogP contribution < -0.4 is 9.64 Å². The van der Waals surface area contributed by atoms with E-state index >= 15 is 0 Å². The van der Waals surface area contributed by atoms with Crippen molar-refractivity contribution in [1.82, 2.24) is 10.2 Å². The summed E-state index contributed by atoms with van der Waals surface area (Å²) in [6.07, 6.45) is 0. The normalized spacial score (nSPS) is 16.8. The summed E-state index contributed by atoms with van der Waals surface area (Å²) in [5, 5.41) is 20.0. The third kappa shape index (κ3) is 4.73. The van der Waals surface area contributed by atoms with E-state index in [0.717, 1.165) is 22.5 Å². The third-order valence-corrected chi connectivity index (χ3v) is 6.97. The number of aryl methyl sites for hydroxylation is 2. The molecule has 0 saturated carbocycles. The number of ketones is 1. The number of aromatic nitrogens is 2. The Kier molecular flexibility index (Phi) is 6.54. The molecule has 1 saturated heterocycles. The van der Waals surface area contributed by atoms with Crippen LogP contribution in [0.15, 0.2) is 78.4 Å². The number of benzene rings is 3. The van der Waals surface area contributed by atoms with E-state index in [2.05, 4.69) is 10.2 Å². The Labute approximate surface area is 216 Å². The molecule has 1 unspecified atom stereocenters. The van der Waals surface area contributed by atoms with E-state index in [0.29, 0.717) is 28.5 Å². The Morgan fingerprint density at radius 1 is 1.00 bits per heavy atom. The highest BCUT2D eigenvalue weighted by atomic mass is 32.1. The second-order valence-corrected chi connectivity index (χ2v) is 9.72. The molecule has 1 N–H and O–H groups in total. The van der Waals surface area contributed by atoms with Crippen LogP contribution in [0.4, 0.5) is 9.52 Å². The maximum atomic E-state index is 13.7. The van der Waals surface area contributed by atoms with Crippen molar-refractivity contribution in [2.75, 3.05) is 4.90 Å². The summed E-state index contributed by atoms with van der Waals surface area (Å²) in [5.74, 6) is -1.93. The van der Waals surface area contributed by atoms with E-state index in [9.17, 15) is 19.1 Å². The number of amides is 1. The van der Waals surface area contributed by atoms with Crippen molar-refractivity contribution < 1.29 is 23.8 Å². The average molecular weight is 516 g/mol. The molecular weight excluding hydrogens is 493 g/mol. The molecule has 1 amide bonds. The number of carbonyl (C=O) groups excluding carboxylic acids is 2. The van der Waals surface area contributed by atoms with Crippen LogP contribution in [0.5, 0.6) is 5.75 Å². The predicted molar refractivity (Wildman–Crippen MR) is 138 cm³/mol. The number of aliphatic hydroxyl groups excluding tert-OH is 1. The van der Waals surface area contributed by atoms with Gasteiger partial charge in [-0.3, -0.25) is 14.5 Å². The fraction of sp³-hybridized carbons (Fsp3) is 0.143. The number of hydrogen-bond acceptors (Lipinski definition) is 7. The molecule has 0 bridgehead atoms. The second kappa shape index (κ2) is 9.94. The molecule has 2 heterocycles. The highest BCUT2D eigenvalue weighted by Crippen LogP contribution is 2.43. The number of Topliss-reactive ketones (excluding diaryl/α,β-unsaturated/α-hetero) is 1. The first-order valence-electron chi connectivity index (χ1n) is 11.5. The van der Waals surface area contributed by atoms with Gasteiger partial charge in [-0.15, -0.1) is 10.2 Å². The summed E-state index contributed by atoms with van der Waals surface area (Å²) in [6.45, 7) is 4.12. The smallest absolute Gasteiger partial charge is 0.301 e. The highest BCUT2D eigenvalue weighted by molar-refractivity contribution is 7.15. The van der Waals surface area contributed by atoms with Crippen LogP contribution in [0, 0.1) is 19.7 Å². The lowest BCUT2D eigenvalue weighted by Crippen LogP contribution is -2.29. The molecule has 1 atom stereocenters. The van der Waals surface area contributed by atoms with E-state index in [1.807, 2.05) is 31.2 Å². The summed E-state index contributed by atoms with van der Waals surface area (Å²) in [6, 6.07) is 18.9. The number of aliphatic hydroxyl groups is 1. The molecule has 3 aromatic carbocycles. The van der Waals surface area contributed by atoms with Crippen LogP contribution in [0.25, 0.3) is 5.76 Å². The Hall–Kier alpha value is -4.37. The van der Waals surface area contributed by atoms with Gasteiger partial charge in [-0.2, -0.15) is 0 Å². The molecule has 1 aliphatic heterocycles. The molecule has 186 valence electrons. The molecular formula is C28H22FN3O4S. The number of halogens is 1. The minimum atomic E-state index is -0.995. The molecule has 0 spiro atoms. The first-order valence-corrected chi connectivity index (χ1v) is 12.3. The van der Waals surface area contributed by atoms with Gasteiger partial charge in [0.15, 0.2) is 0 Å². The zero-order chi connectivity index (χ0) is 26.1. The zero-order valence-corrected chi connectivity index (χ0v) is 20.8. The van der Waals surface area contributed by atoms with Gasteiger partial charge in [0, 0.05) is 5.56 Å². The van der Waals surface area contributed by atoms with Gasteiger partial charge in [0.1, 0.15) is 28.9 Å². The van der Waals surface area contributed by atoms with Gasteiger partial charge >= 0.3 is 5.91 Å². The molecule has 0 radical (unpaired) electrons. The van der Waals surface area contributed by atoms with Crippen molar-refractivity contribution in [2.45, 2.75) is 26.5 Å². The van der Waals surface area contributed by atoms with Crippen molar-refractivity contribution in [1.29, 1.82) is 0 Å². The molecule has 4 aromatic rings. The summed E-state index contributed by atoms with van der Waals surface area (Å²) < 4.78 is 19.5. The topological polar surface area (TPSA) is 92.6 Å². The van der Waals surface area contributed by atoms with Crippen LogP contribution >= 0.6 is 11.3 Å². The van der Waals surface area contributed by atoms with E-state index < -0.39 is 23.5 Å². The fourth-order valence-corrected chi connectivity index (χ4v) is 4.89. The van der Waals surface area contributed by atoms with E-state index in [1.54, 1.807) is 31.2 Å². The van der Waals surface area contributed by atoms with Crippen molar-refractivity contribution in [3.63, 3.8) is 0 Å². The fourth-order valence-electron chi connectivity index (χ4n) is 4.17. The monoisotopic (exact) mass is 515 g/mol. The largest absolute Gasteiger partial charge is 0.507 e. The zero-order valence-electron chi connectivity index (χ0n) is 20.0. The number of hydrogen-bond donors (Lipinski definition) is 1. The highest BCUT2D eigenvalue weighted by Gasteiger charge is 2.48. The standard InChI is InChI=1S/C28H22FN3O4S/c1-16-5-3-4-6-20(16)15-36-22-13-9-19(10-14-22)25(33)23-24(18-7-11-21(29)12-8-18)32(27(35)26(23)34)28-31-30-17(2)37-28/h3-14,24,33H,15H2,1-2H3/b25-23-. The van der Waals surface area contributed by atoms with Crippen LogP contribution in [-0.4, -0.2) is 27.0 Å². The quantitative estimate of drug-likeness (QED) is 0.207. The van der Waals surface area contributed by atoms with Crippen molar-refractivity contribution in [3.05, 3.63) is 111 Å². The van der Waals surface area contributed by atoms with Crippen LogP contribution in [-0.2, 0) is 16.2 Å². The lowest BCUT2D eigenvalue weighted by molar-refractivity contribution is -0.132. The van der Waals surface area contributed by atoms with Gasteiger partial charge in [-0.25, -0.2) is 4.39 Å². The Bertz CT molecular complexity index is 1510. The van der Waals surface area contributed by atoms with Gasteiger partial charge in [-0.1, -0.05) is 47.7 Å². The lowest BCUT2D eigenvalue weighted by atomic mass is 9.95. The van der Waals surface area contributed by atoms with Gasteiger partial charge in [0.05, 0.1) is 11.6 Å². The summed E-state index contributed by atoms with van der Waals surface area (Å²) in [5.41, 5.74) is 2.85. The molecule has 1 aromatic heterocycles. The summed E-state index contributed by atoms with van der Waals surface area (Å²) >= 11 is 1.14. The predicted octanol–water partition coefficient (Wildman–Crippen LogP) is 5.50. The van der Waals surface area contributed by atoms with Crippen molar-refractivity contribution in [2.24, 2.45) is 0 Å². The van der Waals surface area contributed by atoms with Crippen molar-refractivity contribution >= 4 is 33.9 Å². The van der Waals surface area contributed by atoms with E-state index in [1.165, 1.54) is 29.2 Å². The molecule has 0 aliphatic carbocycles. The molecule has 5 rings (SSSR count). The van der Waals surface area contributed by atoms with E-state index in [-0.39, 0.29) is 16.5 Å². The second-order valence-electron chi connectivity index (χ2n) is 8.56. The first kappa shape index (κ1) is 24.3. The van der Waals surface area contributed by atoms with Crippen LogP contribution in [0.3, 0.4) is 0 Å². The number of nitrogens with zero attached hydrogens (tertiary/aromatic N) is 3. The maximum Gasteiger partial charge on any atom is 0.301 e. The molecule has 37 heavy (non-hydrogen) atoms. The summed E-state index contributed by atoms with van der Waals surface area (Å²) in [7, 11) is 0. The Morgan fingerprint density at radius 2 is 1.70 bits per heavy atom. The minimum Gasteiger partial charge on any atom is -0.507 e. The molecule has 9 heteroatoms. The summed E-state index contributed by atoms with van der Waals surface area (Å²) in [4.78, 5) is 27.5. The van der Waals surface area contributed by atoms with Crippen LogP contribution in [0.2, 0.25) is 0 Å². The van der Waals surface area contributed by atoms with E-state index in [4.69, 9.17) is 4.74 Å². The number of carbonyl (C=O) groups is 2. The van der Waals surface area contributed by atoms with Crippen molar-refractivity contribution in [3.8, 4) is 5.75 Å². The van der Waals surface area contributed by atoms with Gasteiger partial charge in [-0.05, 0) is 66.9 Å². The average Bonchev–Trinajstić information content (AvgIpc) is 3.44. The van der Waals surface area contributed by atoms with Crippen LogP contribution in [0.1, 0.15) is 33.3 Å². The number of rotatable bonds is 6. The minimum absolute atomic E-state index is 0.113. The Morgan fingerprint density at radius 3 is 2.35 bits per heavy atom. The van der Waals surface area contributed by atoms with Gasteiger partial charge in [0.25, 0.3) is 5.78 Å². The molecule has 7 nitrogen and oxygen atoms in total. The number of ether oxygens (including phenoxy) is 1. The first-order chi connectivity index (χ1) is 17.8. The van der Waals surface area contributed by atoms with Gasteiger partial charge < -0.3 is 9.84 Å².